The minimum absolute atomic E-state index is 0.0157. The van der Waals surface area contributed by atoms with Crippen LogP contribution in [-0.2, 0) is 16.3 Å². The Morgan fingerprint density at radius 1 is 0.943 bits per heavy atom. The highest BCUT2D eigenvalue weighted by Gasteiger charge is 2.34. The Hall–Kier alpha value is -5.50. The maximum Gasteiger partial charge on any atom is 0.416 e. The number of carbonyl (C=O) groups excluding carboxylic acids is 1. The summed E-state index contributed by atoms with van der Waals surface area (Å²) in [6.07, 6.45) is 0.194. The van der Waals surface area contributed by atoms with Gasteiger partial charge in [0, 0.05) is 18.9 Å². The van der Waals surface area contributed by atoms with Gasteiger partial charge in [-0.25, -0.2) is 27.3 Å². The fourth-order valence-corrected chi connectivity index (χ4v) is 6.90. The first-order chi connectivity index (χ1) is 24.9. The van der Waals surface area contributed by atoms with Crippen molar-refractivity contribution in [3.63, 3.8) is 0 Å². The number of rotatable bonds is 6. The van der Waals surface area contributed by atoms with Gasteiger partial charge in [0.25, 0.3) is 0 Å². The molecule has 1 fully saturated rings. The summed E-state index contributed by atoms with van der Waals surface area (Å²) in [7, 11) is 2.18. The van der Waals surface area contributed by atoms with E-state index in [0.29, 0.717) is 23.0 Å². The van der Waals surface area contributed by atoms with Gasteiger partial charge in [0.15, 0.2) is 0 Å². The Labute approximate surface area is 304 Å². The van der Waals surface area contributed by atoms with Crippen LogP contribution in [0.3, 0.4) is 0 Å². The van der Waals surface area contributed by atoms with E-state index in [4.69, 9.17) is 0 Å². The highest BCUT2D eigenvalue weighted by molar-refractivity contribution is 7.85. The number of carbonyl (C=O) groups is 1. The van der Waals surface area contributed by atoms with Crippen LogP contribution < -0.4 is 11.0 Å². The van der Waals surface area contributed by atoms with Crippen LogP contribution >= 0.6 is 0 Å². The van der Waals surface area contributed by atoms with E-state index in [0.717, 1.165) is 51.4 Å². The zero-order valence-corrected chi connectivity index (χ0v) is 30.2. The molecule has 12 nitrogen and oxygen atoms in total. The van der Waals surface area contributed by atoms with Crippen molar-refractivity contribution in [1.29, 1.82) is 5.26 Å². The maximum absolute atomic E-state index is 14.0. The van der Waals surface area contributed by atoms with Crippen LogP contribution in [-0.4, -0.2) is 75.6 Å². The monoisotopic (exact) mass is 749 g/mol. The molecule has 5 aromatic rings. The van der Waals surface area contributed by atoms with Crippen molar-refractivity contribution in [3.8, 4) is 28.8 Å². The lowest BCUT2D eigenvalue weighted by Gasteiger charge is -2.38. The number of amides is 1. The number of benzene rings is 3. The average Bonchev–Trinajstić information content (AvgIpc) is 3.69. The lowest BCUT2D eigenvalue weighted by molar-refractivity contribution is -0.897. The molecule has 278 valence electrons. The number of imidazole rings is 1. The van der Waals surface area contributed by atoms with Crippen LogP contribution in [0.5, 0.6) is 0 Å². The first kappa shape index (κ1) is 38.7. The first-order valence-electron chi connectivity index (χ1n) is 16.6. The predicted octanol–water partition coefficient (Wildman–Crippen LogP) is 5.86. The molecule has 16 heteroatoms. The van der Waals surface area contributed by atoms with E-state index in [2.05, 4.69) is 37.6 Å². The first-order valence-corrected chi connectivity index (χ1v) is 18.0. The Morgan fingerprint density at radius 2 is 1.58 bits per heavy atom. The van der Waals surface area contributed by atoms with E-state index < -0.39 is 33.6 Å². The minimum atomic E-state index is -4.62. The predicted molar refractivity (Wildman–Crippen MR) is 189 cm³/mol. The minimum Gasteiger partial charge on any atom is -0.744 e. The van der Waals surface area contributed by atoms with Gasteiger partial charge < -0.3 is 14.4 Å². The number of hydrogen-bond donors (Lipinski definition) is 1. The molecule has 0 aliphatic heterocycles. The number of nitrogens with zero attached hydrogens (tertiary/aromatic N) is 6. The maximum atomic E-state index is 14.0. The molecular weight excluding hydrogens is 712 g/mol. The van der Waals surface area contributed by atoms with Crippen molar-refractivity contribution in [1.82, 2.24) is 24.2 Å². The molecule has 1 N–H and O–H groups in total. The molecule has 1 saturated carbocycles. The van der Waals surface area contributed by atoms with Crippen LogP contribution in [0.4, 0.5) is 18.0 Å². The van der Waals surface area contributed by atoms with Gasteiger partial charge in [-0.15, -0.1) is 0 Å². The van der Waals surface area contributed by atoms with Gasteiger partial charge in [-0.1, -0.05) is 24.3 Å². The molecule has 0 radical (unpaired) electrons. The number of nitrogens with one attached hydrogen (secondary N) is 1. The standard InChI is InChI=1S/C31H32F3N7O2.C6H6O3S/c1-20-28(27-16-17-36-40(27)24-12-8-21(19-35)9-13-24)39(29(42)37-23-10-14-26(15-11-23)41(2,3)4)30(43)38(20)25-7-5-6-22(18-25)31(32,33)34;7-10(8,9)6-4-2-1-3-5-6/h5-9,12-13,16-18,23,26H,10-11,14-15H2,1-4H3;1-5H,(H,7,8,9)/t23-,26+;. The van der Waals surface area contributed by atoms with E-state index in [1.165, 1.54) is 47.3 Å². The van der Waals surface area contributed by atoms with Gasteiger partial charge in [-0.05, 0) is 80.4 Å². The molecule has 0 unspecified atom stereocenters. The van der Waals surface area contributed by atoms with E-state index in [9.17, 15) is 41.0 Å². The summed E-state index contributed by atoms with van der Waals surface area (Å²) in [5.74, 6) is 0. The lowest BCUT2D eigenvalue weighted by atomic mass is 9.89. The zero-order chi connectivity index (χ0) is 38.7. The molecule has 0 atom stereocenters. The van der Waals surface area contributed by atoms with Crippen LogP contribution in [0, 0.1) is 18.3 Å². The van der Waals surface area contributed by atoms with Crippen molar-refractivity contribution in [2.45, 2.75) is 55.8 Å². The van der Waals surface area contributed by atoms with Crippen molar-refractivity contribution in [2.24, 2.45) is 0 Å². The van der Waals surface area contributed by atoms with Crippen molar-refractivity contribution in [2.75, 3.05) is 21.1 Å². The Kier molecular flexibility index (Phi) is 11.1. The normalized spacial score (nSPS) is 16.3. The summed E-state index contributed by atoms with van der Waals surface area (Å²) in [6, 6.07) is 21.6. The summed E-state index contributed by atoms with van der Waals surface area (Å²) in [5.41, 5.74) is 0.143. The van der Waals surface area contributed by atoms with E-state index in [1.54, 1.807) is 43.3 Å². The third kappa shape index (κ3) is 8.76. The molecule has 2 aromatic heterocycles. The lowest BCUT2D eigenvalue weighted by Crippen LogP contribution is -2.50. The number of quaternary nitrogens is 1. The fraction of sp³-hybridized carbons (Fsp3) is 0.297. The summed E-state index contributed by atoms with van der Waals surface area (Å²) < 4.78 is 76.0. The third-order valence-electron chi connectivity index (χ3n) is 9.20. The molecule has 2 heterocycles. The van der Waals surface area contributed by atoms with Gasteiger partial charge >= 0.3 is 17.9 Å². The smallest absolute Gasteiger partial charge is 0.416 e. The number of nitriles is 1. The highest BCUT2D eigenvalue weighted by Crippen LogP contribution is 2.32. The third-order valence-corrected chi connectivity index (χ3v) is 10.0. The van der Waals surface area contributed by atoms with Gasteiger partial charge in [0.1, 0.15) is 15.8 Å². The summed E-state index contributed by atoms with van der Waals surface area (Å²) >= 11 is 0. The molecule has 53 heavy (non-hydrogen) atoms. The van der Waals surface area contributed by atoms with E-state index in [1.807, 2.05) is 0 Å². The second-order valence-electron chi connectivity index (χ2n) is 13.6. The van der Waals surface area contributed by atoms with Crippen LogP contribution in [0.2, 0.25) is 0 Å². The van der Waals surface area contributed by atoms with Gasteiger partial charge in [-0.3, -0.25) is 4.57 Å². The fourth-order valence-electron chi connectivity index (χ4n) is 6.41. The molecule has 3 aromatic carbocycles. The average molecular weight is 750 g/mol. The van der Waals surface area contributed by atoms with Crippen LogP contribution in [0.25, 0.3) is 22.8 Å². The number of alkyl halides is 3. The second kappa shape index (κ2) is 15.2. The largest absolute Gasteiger partial charge is 0.744 e. The SMILES string of the molecule is Cc1c(-c2ccnn2-c2ccc(C#N)cc2)n(C(=O)N[C@H]2CC[C@@H]([N+](C)(C)C)CC2)c(=O)n1-c1cccc(C(F)(F)F)c1.O=S(=O)([O-])c1ccccc1. The molecule has 6 rings (SSSR count). The Balaban J connectivity index is 0.000000469. The topological polar surface area (TPSA) is 155 Å². The van der Waals surface area contributed by atoms with Crippen LogP contribution in [0.1, 0.15) is 42.5 Å². The van der Waals surface area contributed by atoms with Gasteiger partial charge in [0.05, 0.1) is 78.2 Å². The summed E-state index contributed by atoms with van der Waals surface area (Å²) in [5, 5.41) is 16.6. The quantitative estimate of drug-likeness (QED) is 0.169. The molecule has 0 bridgehead atoms. The summed E-state index contributed by atoms with van der Waals surface area (Å²) in [6.45, 7) is 1.59. The second-order valence-corrected chi connectivity index (χ2v) is 14.9. The van der Waals surface area contributed by atoms with Crippen LogP contribution in [0.15, 0.2) is 101 Å². The Morgan fingerprint density at radius 3 is 2.13 bits per heavy atom. The Bertz CT molecular complexity index is 2290. The number of halogens is 3. The molecule has 1 aliphatic rings. The molecule has 0 saturated heterocycles. The molecular formula is C37H38F3N7O5S. The zero-order valence-electron chi connectivity index (χ0n) is 29.4. The van der Waals surface area contributed by atoms with Crippen molar-refractivity contribution in [3.05, 3.63) is 118 Å². The molecule has 1 aliphatic carbocycles. The molecule has 1 amide bonds. The van der Waals surface area contributed by atoms with Crippen molar-refractivity contribution < 1.29 is 35.4 Å². The summed E-state index contributed by atoms with van der Waals surface area (Å²) in [4.78, 5) is 27.7. The number of hydrogen-bond acceptors (Lipinski definition) is 7. The van der Waals surface area contributed by atoms with E-state index in [-0.39, 0.29) is 28.0 Å². The van der Waals surface area contributed by atoms with Gasteiger partial charge in [-0.2, -0.15) is 23.5 Å². The number of aromatic nitrogens is 4. The highest BCUT2D eigenvalue weighted by atomic mass is 32.2. The van der Waals surface area contributed by atoms with Crippen molar-refractivity contribution >= 4 is 16.1 Å². The molecule has 0 spiro atoms. The van der Waals surface area contributed by atoms with Gasteiger partial charge in [0.2, 0.25) is 0 Å². The van der Waals surface area contributed by atoms with E-state index >= 15 is 0 Å².